The number of amides is 1. The minimum absolute atomic E-state index is 0.0485. The molecular weight excluding hydrogens is 434 g/mol. The van der Waals surface area contributed by atoms with Crippen LogP contribution in [-0.2, 0) is 7.05 Å². The van der Waals surface area contributed by atoms with Crippen LogP contribution >= 0.6 is 11.6 Å². The van der Waals surface area contributed by atoms with Crippen molar-refractivity contribution in [3.8, 4) is 17.0 Å². The van der Waals surface area contributed by atoms with Gasteiger partial charge in [-0.3, -0.25) is 14.9 Å². The molecule has 0 saturated carbocycles. The number of carbonyl (C=O) groups is 1. The smallest absolute Gasteiger partial charge is 0.272 e. The molecule has 0 atom stereocenters. The van der Waals surface area contributed by atoms with Crippen molar-refractivity contribution in [3.63, 3.8) is 0 Å². The Morgan fingerprint density at radius 2 is 1.88 bits per heavy atom. The second kappa shape index (κ2) is 8.88. The highest BCUT2D eigenvalue weighted by Crippen LogP contribution is 2.33. The molecule has 166 valence electrons. The second-order valence-corrected chi connectivity index (χ2v) is 7.83. The molecule has 1 aliphatic rings. The highest BCUT2D eigenvalue weighted by molar-refractivity contribution is 6.33. The van der Waals surface area contributed by atoms with E-state index in [0.717, 1.165) is 11.3 Å². The summed E-state index contributed by atoms with van der Waals surface area (Å²) >= 11 is 6.27. The lowest BCUT2D eigenvalue weighted by Gasteiger charge is -2.36. The fraction of sp³-hybridized carbons (Fsp3) is 0.273. The summed E-state index contributed by atoms with van der Waals surface area (Å²) < 4.78 is 7.18. The number of benzene rings is 2. The van der Waals surface area contributed by atoms with E-state index in [1.165, 1.54) is 12.1 Å². The Morgan fingerprint density at radius 1 is 1.16 bits per heavy atom. The Morgan fingerprint density at radius 3 is 2.53 bits per heavy atom. The molecule has 0 bridgehead atoms. The van der Waals surface area contributed by atoms with Crippen molar-refractivity contribution in [2.75, 3.05) is 38.2 Å². The van der Waals surface area contributed by atoms with E-state index < -0.39 is 4.92 Å². The van der Waals surface area contributed by atoms with Gasteiger partial charge in [-0.05, 0) is 18.2 Å². The number of halogens is 1. The van der Waals surface area contributed by atoms with E-state index in [-0.39, 0.29) is 11.6 Å². The third kappa shape index (κ3) is 3.99. The third-order valence-corrected chi connectivity index (χ3v) is 5.85. The summed E-state index contributed by atoms with van der Waals surface area (Å²) in [5, 5.41) is 11.3. The molecule has 0 unspecified atom stereocenters. The number of imidazole rings is 1. The number of ether oxygens (including phenoxy) is 1. The molecule has 3 aromatic rings. The average Bonchev–Trinajstić information content (AvgIpc) is 3.19. The molecule has 0 aliphatic carbocycles. The van der Waals surface area contributed by atoms with Crippen LogP contribution in [0.4, 0.5) is 11.4 Å². The van der Waals surface area contributed by atoms with Crippen LogP contribution in [0.5, 0.6) is 5.75 Å². The van der Waals surface area contributed by atoms with Crippen LogP contribution in [0.25, 0.3) is 11.3 Å². The zero-order valence-corrected chi connectivity index (χ0v) is 18.5. The third-order valence-electron chi connectivity index (χ3n) is 5.55. The Balaban J connectivity index is 1.53. The van der Waals surface area contributed by atoms with Gasteiger partial charge in [-0.2, -0.15) is 0 Å². The molecule has 4 rings (SSSR count). The fourth-order valence-corrected chi connectivity index (χ4v) is 4.18. The molecule has 32 heavy (non-hydrogen) atoms. The number of carbonyl (C=O) groups excluding carboxylic acids is 1. The Kier molecular flexibility index (Phi) is 6.00. The first-order chi connectivity index (χ1) is 15.4. The zero-order chi connectivity index (χ0) is 22.8. The van der Waals surface area contributed by atoms with Crippen molar-refractivity contribution >= 4 is 28.9 Å². The maximum Gasteiger partial charge on any atom is 0.272 e. The normalized spacial score (nSPS) is 13.8. The van der Waals surface area contributed by atoms with Gasteiger partial charge < -0.3 is 19.1 Å². The fourth-order valence-electron chi connectivity index (χ4n) is 3.89. The molecular formula is C22H22ClN5O4. The maximum atomic E-state index is 13.4. The summed E-state index contributed by atoms with van der Waals surface area (Å²) in [5.41, 5.74) is 2.51. The quantitative estimate of drug-likeness (QED) is 0.431. The zero-order valence-electron chi connectivity index (χ0n) is 17.7. The predicted molar refractivity (Wildman–Crippen MR) is 121 cm³/mol. The van der Waals surface area contributed by atoms with Gasteiger partial charge >= 0.3 is 0 Å². The maximum absolute atomic E-state index is 13.4. The highest BCUT2D eigenvalue weighted by atomic mass is 35.5. The number of non-ortho nitro benzene ring substituents is 1. The van der Waals surface area contributed by atoms with Gasteiger partial charge in [0.05, 0.1) is 29.1 Å². The summed E-state index contributed by atoms with van der Waals surface area (Å²) in [6, 6.07) is 11.9. The molecule has 1 amide bonds. The molecule has 1 saturated heterocycles. The topological polar surface area (TPSA) is 93.7 Å². The summed E-state index contributed by atoms with van der Waals surface area (Å²) in [5.74, 6) is 0.540. The van der Waals surface area contributed by atoms with E-state index in [1.54, 1.807) is 36.0 Å². The van der Waals surface area contributed by atoms with Gasteiger partial charge in [0.2, 0.25) is 0 Å². The lowest BCUT2D eigenvalue weighted by Crippen LogP contribution is -2.49. The Hall–Kier alpha value is -3.59. The van der Waals surface area contributed by atoms with E-state index >= 15 is 0 Å². The Labute approximate surface area is 189 Å². The molecule has 10 heteroatoms. The number of nitro groups is 1. The van der Waals surface area contributed by atoms with Crippen LogP contribution in [0, 0.1) is 10.1 Å². The first-order valence-corrected chi connectivity index (χ1v) is 10.4. The summed E-state index contributed by atoms with van der Waals surface area (Å²) in [4.78, 5) is 32.2. The van der Waals surface area contributed by atoms with E-state index in [4.69, 9.17) is 16.3 Å². The van der Waals surface area contributed by atoms with Crippen molar-refractivity contribution < 1.29 is 14.5 Å². The van der Waals surface area contributed by atoms with Crippen LogP contribution in [0.3, 0.4) is 0 Å². The number of rotatable bonds is 5. The van der Waals surface area contributed by atoms with Crippen molar-refractivity contribution in [1.82, 2.24) is 14.5 Å². The first kappa shape index (κ1) is 21.6. The minimum Gasteiger partial charge on any atom is -0.496 e. The number of hydrogen-bond acceptors (Lipinski definition) is 6. The Bertz CT molecular complexity index is 1170. The average molecular weight is 456 g/mol. The van der Waals surface area contributed by atoms with Crippen molar-refractivity contribution in [1.29, 1.82) is 0 Å². The van der Waals surface area contributed by atoms with E-state index in [9.17, 15) is 14.9 Å². The molecule has 2 heterocycles. The van der Waals surface area contributed by atoms with Gasteiger partial charge in [-0.15, -0.1) is 0 Å². The number of methoxy groups -OCH3 is 1. The SMILES string of the molecule is COc1ccccc1-c1ncn(C)c1C(=O)N1CCN(c2ccc([N+](=O)[O-])cc2Cl)CC1. The van der Waals surface area contributed by atoms with E-state index in [1.807, 2.05) is 29.2 Å². The van der Waals surface area contributed by atoms with E-state index in [0.29, 0.717) is 48.3 Å². The highest BCUT2D eigenvalue weighted by Gasteiger charge is 2.28. The van der Waals surface area contributed by atoms with Crippen LogP contribution in [0.15, 0.2) is 48.8 Å². The van der Waals surface area contributed by atoms with Gasteiger partial charge in [-0.1, -0.05) is 23.7 Å². The molecule has 0 spiro atoms. The molecule has 0 N–H and O–H groups in total. The van der Waals surface area contributed by atoms with Gasteiger partial charge in [0, 0.05) is 50.9 Å². The second-order valence-electron chi connectivity index (χ2n) is 7.43. The molecule has 2 aromatic carbocycles. The van der Waals surface area contributed by atoms with Gasteiger partial charge in [0.1, 0.15) is 17.1 Å². The number of nitro benzene ring substituents is 1. The molecule has 9 nitrogen and oxygen atoms in total. The van der Waals surface area contributed by atoms with Gasteiger partial charge in [0.15, 0.2) is 0 Å². The summed E-state index contributed by atoms with van der Waals surface area (Å²) in [7, 11) is 3.39. The monoisotopic (exact) mass is 455 g/mol. The number of aromatic nitrogens is 2. The lowest BCUT2D eigenvalue weighted by atomic mass is 10.1. The number of para-hydroxylation sites is 1. The molecule has 1 aliphatic heterocycles. The van der Waals surface area contributed by atoms with Crippen molar-refractivity contribution in [3.05, 3.63) is 69.6 Å². The van der Waals surface area contributed by atoms with Crippen LogP contribution < -0.4 is 9.64 Å². The molecule has 1 fully saturated rings. The molecule has 0 radical (unpaired) electrons. The van der Waals surface area contributed by atoms with Crippen LogP contribution in [-0.4, -0.2) is 58.6 Å². The summed E-state index contributed by atoms with van der Waals surface area (Å²) in [6.45, 7) is 2.10. The number of aryl methyl sites for hydroxylation is 1. The van der Waals surface area contributed by atoms with Crippen molar-refractivity contribution in [2.24, 2.45) is 7.05 Å². The van der Waals surface area contributed by atoms with Gasteiger partial charge in [0.25, 0.3) is 11.6 Å². The number of nitrogens with zero attached hydrogens (tertiary/aromatic N) is 5. The number of hydrogen-bond donors (Lipinski definition) is 0. The minimum atomic E-state index is -0.473. The largest absolute Gasteiger partial charge is 0.496 e. The van der Waals surface area contributed by atoms with Gasteiger partial charge in [-0.25, -0.2) is 4.98 Å². The first-order valence-electron chi connectivity index (χ1n) is 10.0. The van der Waals surface area contributed by atoms with Crippen LogP contribution in [0.1, 0.15) is 10.5 Å². The van der Waals surface area contributed by atoms with Crippen molar-refractivity contribution in [2.45, 2.75) is 0 Å². The lowest BCUT2D eigenvalue weighted by molar-refractivity contribution is -0.384. The predicted octanol–water partition coefficient (Wildman–Crippen LogP) is 3.62. The number of anilines is 1. The van der Waals surface area contributed by atoms with Crippen LogP contribution in [0.2, 0.25) is 5.02 Å². The van der Waals surface area contributed by atoms with E-state index in [2.05, 4.69) is 4.98 Å². The molecule has 1 aromatic heterocycles. The standard InChI is InChI=1S/C22H22ClN5O4/c1-25-14-24-20(16-5-3-4-6-19(16)32-2)21(25)22(29)27-11-9-26(10-12-27)18-8-7-15(28(30)31)13-17(18)23/h3-8,13-14H,9-12H2,1-2H3. The number of piperazine rings is 1. The summed E-state index contributed by atoms with van der Waals surface area (Å²) in [6.07, 6.45) is 1.63.